The third-order valence-electron chi connectivity index (χ3n) is 16.7. The van der Waals surface area contributed by atoms with Crippen molar-refractivity contribution in [2.45, 2.75) is 139 Å². The third kappa shape index (κ3) is 37.1. The molecule has 0 saturated carbocycles. The number of alkyl carbamates (subject to hydrolysis) is 1. The van der Waals surface area contributed by atoms with Gasteiger partial charge in [-0.1, -0.05) is 136 Å². The summed E-state index contributed by atoms with van der Waals surface area (Å²) in [6, 6.07) is 33.4. The van der Waals surface area contributed by atoms with Crippen LogP contribution in [0.3, 0.4) is 0 Å². The van der Waals surface area contributed by atoms with E-state index in [1.165, 1.54) is 36.3 Å². The molecule has 34 nitrogen and oxygen atoms in total. The minimum atomic E-state index is -3.33. The number of halogens is 4. The molecule has 8 heterocycles. The fourth-order valence-corrected chi connectivity index (χ4v) is 13.5. The number of anilines is 2. The highest BCUT2D eigenvalue weighted by Crippen LogP contribution is 2.41. The Bertz CT molecular complexity index is 5880. The van der Waals surface area contributed by atoms with Crippen LogP contribution in [0.15, 0.2) is 179 Å². The third-order valence-corrected chi connectivity index (χ3v) is 22.4. The molecule has 2 amide bonds. The number of nitrogens with two attached hydrogens (primary N) is 4. The van der Waals surface area contributed by atoms with Gasteiger partial charge >= 0.3 is 42.0 Å². The van der Waals surface area contributed by atoms with Crippen LogP contribution < -0.4 is 28.3 Å². The molecule has 0 spiro atoms. The summed E-state index contributed by atoms with van der Waals surface area (Å²) in [4.78, 5) is 75.9. The Morgan fingerprint density at radius 2 is 0.932 bits per heavy atom. The maximum atomic E-state index is 12.2. The van der Waals surface area contributed by atoms with Crippen molar-refractivity contribution >= 4 is 161 Å². The zero-order chi connectivity index (χ0) is 101. The van der Waals surface area contributed by atoms with Crippen LogP contribution in [0.5, 0.6) is 0 Å². The van der Waals surface area contributed by atoms with Crippen molar-refractivity contribution in [3.8, 4) is 46.5 Å². The number of amides is 2. The number of aliphatic imine (C=N–C) groups is 2. The second kappa shape index (κ2) is 52.6. The normalized spacial score (nSPS) is 15.8. The summed E-state index contributed by atoms with van der Waals surface area (Å²) in [6.07, 6.45) is 9.30. The number of benzene rings is 5. The number of primary amides is 1. The molecular formula is C87H103B4Br4N15O19SSi2. The molecule has 4 aliphatic heterocycles. The van der Waals surface area contributed by atoms with E-state index in [-0.39, 0.29) is 10.9 Å². The maximum absolute atomic E-state index is 12.2. The van der Waals surface area contributed by atoms with Crippen molar-refractivity contribution in [1.29, 1.82) is 0 Å². The van der Waals surface area contributed by atoms with Gasteiger partial charge in [0.25, 0.3) is 0 Å². The molecular weight excluding hydrogens is 2010 g/mol. The molecule has 4 radical (unpaired) electrons. The van der Waals surface area contributed by atoms with E-state index in [1.807, 2.05) is 0 Å². The van der Waals surface area contributed by atoms with E-state index in [0.717, 1.165) is 22.3 Å². The van der Waals surface area contributed by atoms with Crippen molar-refractivity contribution in [2.75, 3.05) is 75.5 Å². The zero-order valence-corrected chi connectivity index (χ0v) is 85.2. The average molecular weight is 2120 g/mol. The maximum Gasteiger partial charge on any atom is 0.474 e. The number of rotatable bonds is 24. The van der Waals surface area contributed by atoms with Crippen LogP contribution in [0.25, 0.3) is 11.3 Å². The SMILES string of the molecule is C#Cc1nc(-c2ccc(S(=O)(=O)C(C)C)cc2)cnc1C1(N=C2[B]O2)[B]O1.COC(=O)c1ccc(C(OC)OC)cc1.COC(OC)c1ccc(C(N)=O)cc1.C[Si](C)(C)C#Cc1nc(Br)cnc1C1(N=C2[B]O2)[B]O1.C[Si](C)(C)C#Cc1nc(Br)cnc1N.Nc1ncc(Br)nc1Br.[2H]C([2H])(N)c1ccc(C(OC)OC)cc1.[2H]C([2H])(NC(=O)OC(C)(C)C)c1ccc(C(OC)OC)cc1. The number of nitrogen functional groups attached to an aromatic ring is 2. The second-order valence-corrected chi connectivity index (χ2v) is 45.8. The summed E-state index contributed by atoms with van der Waals surface area (Å²) >= 11 is 12.8. The summed E-state index contributed by atoms with van der Waals surface area (Å²) in [5, 5.41) is 1.73. The Hall–Kier alpha value is -10.0. The van der Waals surface area contributed by atoms with E-state index >= 15 is 0 Å². The highest BCUT2D eigenvalue weighted by molar-refractivity contribution is 9.11. The largest absolute Gasteiger partial charge is 0.549 e. The quantitative estimate of drug-likeness (QED) is 0.0123. The van der Waals surface area contributed by atoms with Gasteiger partial charge in [-0.15, -0.1) is 17.5 Å². The molecule has 2 atom stereocenters. The predicted molar refractivity (Wildman–Crippen MR) is 523 cm³/mol. The van der Waals surface area contributed by atoms with E-state index in [9.17, 15) is 22.8 Å². The number of nitrogens with zero attached hydrogens (tertiary/aromatic N) is 10. The van der Waals surface area contributed by atoms with Crippen molar-refractivity contribution in [2.24, 2.45) is 21.5 Å². The van der Waals surface area contributed by atoms with Gasteiger partial charge in [-0.3, -0.25) is 14.8 Å². The molecule has 4 fully saturated rings. The molecule has 0 bridgehead atoms. The molecule has 9 aromatic rings. The van der Waals surface area contributed by atoms with Crippen LogP contribution in [-0.2, 0) is 100 Å². The van der Waals surface area contributed by atoms with Crippen molar-refractivity contribution < 1.29 is 94.3 Å². The summed E-state index contributed by atoms with van der Waals surface area (Å²) in [6.45, 7) is 17.6. The number of hydrogen-bond donors (Lipinski definition) is 5. The fourth-order valence-electron chi connectivity index (χ4n) is 10.1. The molecule has 13 rings (SSSR count). The molecule has 694 valence electrons. The lowest BCUT2D eigenvalue weighted by Crippen LogP contribution is -2.32. The van der Waals surface area contributed by atoms with Gasteiger partial charge in [0.05, 0.1) is 56.0 Å². The molecule has 0 aliphatic carbocycles. The molecule has 45 heteroatoms. The smallest absolute Gasteiger partial charge is 0.474 e. The number of hydrogen-bond acceptors (Lipinski definition) is 32. The van der Waals surface area contributed by atoms with Gasteiger partial charge in [-0.2, -0.15) is 0 Å². The molecule has 2 unspecified atom stereocenters. The van der Waals surface area contributed by atoms with Gasteiger partial charge in [0.15, 0.2) is 75.2 Å². The van der Waals surface area contributed by atoms with E-state index < -0.39 is 98.2 Å². The number of carbonyl (C=O) groups is 3. The van der Waals surface area contributed by atoms with Gasteiger partial charge in [0, 0.05) is 106 Å². The molecule has 4 aromatic heterocycles. The number of ether oxygens (including phenoxy) is 10. The molecule has 132 heavy (non-hydrogen) atoms. The topological polar surface area (TPSA) is 472 Å². The standard InChI is InChI=1S/C17H13B2N3O4S.C15H23NO4.C11H10B2BrN3O2Si.C11H14O4.C10H13NO3.C10H15NO2.C9H12BrN3Si.C4H3Br2N3/c1-4-13-15(17(19-26-17)22-16-18-25-16)20-9-14(21-13)11-5-7-12(8-6-11)27(23,24)10(2)3;1-15(2,3)20-14(17)16-10-11-6-8-12(9-7-11)13(18-4)19-5;1-20(2,3)5-4-7-9(15-6-8(14)16-7)11(13-19-11)17-10-12-18-10;1-13-10(12)8-4-6-9(7-5-8)11(14-2)15-3;1-13-10(14-2)8-5-3-7(4-6-8)9(11)12;1-12-10(13-2)9-5-3-8(7-11)4-6-9;1-14(2,3)5-4-7-9(11)12-6-8(10)13-7;5-2-1-8-4(7)3(6)9-2/h1,5-10H,2-3H3;6-9,13H,10H2,1-5H3,(H,16,17);6H,1-3H3;4-7,11H,1-3H3;3-6,10H,1-2H3,(H2,11,12);3-6,10H,7,11H2,1-2H3;6H,1-3H3,(H2,11,12);1H,(H2,7,8)/i;10D2;;;;7D2;;. The number of sulfone groups is 1. The average Bonchev–Trinajstić information content (AvgIpc) is 1.59. The van der Waals surface area contributed by atoms with Gasteiger partial charge in [0.2, 0.25) is 5.91 Å². The van der Waals surface area contributed by atoms with Crippen LogP contribution >= 0.6 is 63.7 Å². The Labute approximate surface area is 814 Å². The Kier molecular flexibility index (Phi) is 41.5. The van der Waals surface area contributed by atoms with E-state index in [1.54, 1.807) is 238 Å². The van der Waals surface area contributed by atoms with Crippen LogP contribution in [0.4, 0.5) is 16.4 Å². The number of aromatic nitrogens is 8. The van der Waals surface area contributed by atoms with Gasteiger partial charge < -0.3 is 94.2 Å². The number of esters is 1. The second-order valence-electron chi connectivity index (χ2n) is 30.6. The lowest BCUT2D eigenvalue weighted by Gasteiger charge is -2.19. The summed E-state index contributed by atoms with van der Waals surface area (Å²) in [7, 11) is 13.6. The predicted octanol–water partition coefficient (Wildman–Crippen LogP) is 13.2. The molecule has 5 aromatic carbocycles. The van der Waals surface area contributed by atoms with Crippen LogP contribution in [0, 0.1) is 35.3 Å². The summed E-state index contributed by atoms with van der Waals surface area (Å²) in [5.74, 6) is 9.60. The fraction of sp³-hybridized carbons (Fsp3) is 0.345. The van der Waals surface area contributed by atoms with Gasteiger partial charge in [-0.25, -0.2) is 57.9 Å². The highest BCUT2D eigenvalue weighted by Gasteiger charge is 2.55. The van der Waals surface area contributed by atoms with Crippen molar-refractivity contribution in [3.05, 3.63) is 238 Å². The Morgan fingerprint density at radius 3 is 1.30 bits per heavy atom. The first kappa shape index (κ1) is 104. The Balaban J connectivity index is 0.000000243. The number of methoxy groups -OCH3 is 9. The molecule has 4 aliphatic rings. The monoisotopic (exact) mass is 2110 g/mol. The van der Waals surface area contributed by atoms with Crippen molar-refractivity contribution in [1.82, 2.24) is 45.2 Å². The minimum Gasteiger partial charge on any atom is -0.549 e. The van der Waals surface area contributed by atoms with Crippen LogP contribution in [0.2, 0.25) is 39.3 Å². The van der Waals surface area contributed by atoms with E-state index in [2.05, 4.69) is 192 Å². The van der Waals surface area contributed by atoms with Crippen LogP contribution in [-0.4, -0.2) is 199 Å². The number of nitrogens with one attached hydrogen (secondary N) is 1. The lowest BCUT2D eigenvalue weighted by molar-refractivity contribution is -0.106. The van der Waals surface area contributed by atoms with E-state index in [0.29, 0.717) is 104 Å². The van der Waals surface area contributed by atoms with E-state index in [4.69, 9.17) is 96.1 Å². The summed E-state index contributed by atoms with van der Waals surface area (Å²) < 4.78 is 128. The van der Waals surface area contributed by atoms with Gasteiger partial charge in [0.1, 0.15) is 62.9 Å². The number of carbonyl (C=O) groups excluding carboxylic acids is 3. The van der Waals surface area contributed by atoms with Crippen LogP contribution in [0.1, 0.15) is 148 Å². The number of terminal acetylenes is 1. The summed E-state index contributed by atoms with van der Waals surface area (Å²) in [5.41, 5.74) is 33.9. The Morgan fingerprint density at radius 1 is 0.553 bits per heavy atom. The first-order valence-corrected chi connectivity index (χ1v) is 51.1. The minimum absolute atomic E-state index is 0.263. The molecule has 4 saturated heterocycles. The highest BCUT2D eigenvalue weighted by atomic mass is 79.9. The zero-order valence-electron chi connectivity index (χ0n) is 80.1. The molecule has 9 N–H and O–H groups in total. The van der Waals surface area contributed by atoms with Crippen molar-refractivity contribution in [3.63, 3.8) is 0 Å². The first-order chi connectivity index (χ1) is 63.8. The van der Waals surface area contributed by atoms with Gasteiger partial charge in [-0.05, 0) is 152 Å². The lowest BCUT2D eigenvalue weighted by atomic mass is 9.91. The first-order valence-electron chi connectivity index (χ1n) is 41.4.